The molecule has 0 aliphatic carbocycles. The molecule has 1 aromatic carbocycles. The minimum Gasteiger partial charge on any atom is -0.480 e. The summed E-state index contributed by atoms with van der Waals surface area (Å²) in [5.74, 6) is -1.68. The summed E-state index contributed by atoms with van der Waals surface area (Å²) in [7, 11) is 0. The highest BCUT2D eigenvalue weighted by Crippen LogP contribution is 2.23. The lowest BCUT2D eigenvalue weighted by Gasteiger charge is -2.03. The predicted octanol–water partition coefficient (Wildman–Crippen LogP) is 1.22. The fourth-order valence-electron chi connectivity index (χ4n) is 1.30. The summed E-state index contributed by atoms with van der Waals surface area (Å²) in [5.41, 5.74) is 0.0590. The molecule has 0 atom stereocenters. The minimum absolute atomic E-state index is 0.0207. The van der Waals surface area contributed by atoms with Crippen LogP contribution < -0.4 is 0 Å². The summed E-state index contributed by atoms with van der Waals surface area (Å²) in [6.45, 7) is -0.450. The molecule has 17 heavy (non-hydrogen) atoms. The van der Waals surface area contributed by atoms with Crippen LogP contribution in [0.15, 0.2) is 18.2 Å². The van der Waals surface area contributed by atoms with Crippen molar-refractivity contribution in [3.8, 4) is 11.4 Å². The molecule has 2 aromatic rings. The lowest BCUT2D eigenvalue weighted by atomic mass is 10.2. The molecule has 0 saturated heterocycles. The van der Waals surface area contributed by atoms with Crippen molar-refractivity contribution in [2.75, 3.05) is 0 Å². The minimum atomic E-state index is -1.12. The number of hydrogen-bond donors (Lipinski definition) is 1. The van der Waals surface area contributed by atoms with E-state index in [4.69, 9.17) is 16.7 Å². The maximum Gasteiger partial charge on any atom is 0.325 e. The summed E-state index contributed by atoms with van der Waals surface area (Å²) >= 11 is 5.73. The molecule has 0 radical (unpaired) electrons. The highest BCUT2D eigenvalue weighted by atomic mass is 35.5. The normalized spacial score (nSPS) is 10.5. The molecule has 0 unspecified atom stereocenters. The smallest absolute Gasteiger partial charge is 0.325 e. The maximum atomic E-state index is 13.5. The molecule has 0 aliphatic heterocycles. The summed E-state index contributed by atoms with van der Waals surface area (Å²) in [5, 5.41) is 19.3. The van der Waals surface area contributed by atoms with Crippen molar-refractivity contribution in [1.82, 2.24) is 20.2 Å². The molecule has 0 aliphatic rings. The van der Waals surface area contributed by atoms with Gasteiger partial charge in [0, 0.05) is 5.02 Å². The van der Waals surface area contributed by atoms with E-state index >= 15 is 0 Å². The number of carbonyl (C=O) groups is 1. The van der Waals surface area contributed by atoms with E-state index in [0.717, 1.165) is 10.7 Å². The van der Waals surface area contributed by atoms with Crippen LogP contribution in [0.2, 0.25) is 5.02 Å². The van der Waals surface area contributed by atoms with Gasteiger partial charge in [-0.05, 0) is 28.6 Å². The number of benzene rings is 1. The Hall–Kier alpha value is -2.02. The molecule has 8 heteroatoms. The number of aliphatic carboxylic acids is 1. The topological polar surface area (TPSA) is 80.9 Å². The highest BCUT2D eigenvalue weighted by molar-refractivity contribution is 6.30. The lowest BCUT2D eigenvalue weighted by Crippen LogP contribution is -2.12. The molecule has 0 amide bonds. The number of tetrazole rings is 1. The van der Waals surface area contributed by atoms with Gasteiger partial charge in [-0.3, -0.25) is 4.79 Å². The average Bonchev–Trinajstić information content (AvgIpc) is 2.69. The van der Waals surface area contributed by atoms with Gasteiger partial charge in [0.1, 0.15) is 12.4 Å². The van der Waals surface area contributed by atoms with E-state index in [0.29, 0.717) is 5.02 Å². The molecule has 0 bridgehead atoms. The van der Waals surface area contributed by atoms with Crippen LogP contribution in [0.3, 0.4) is 0 Å². The lowest BCUT2D eigenvalue weighted by molar-refractivity contribution is -0.137. The van der Waals surface area contributed by atoms with E-state index in [1.807, 2.05) is 0 Å². The fraction of sp³-hybridized carbons (Fsp3) is 0.111. The van der Waals surface area contributed by atoms with Crippen LogP contribution in [0.1, 0.15) is 0 Å². The van der Waals surface area contributed by atoms with E-state index in [1.165, 1.54) is 12.1 Å². The molecule has 1 N–H and O–H groups in total. The van der Waals surface area contributed by atoms with E-state index < -0.39 is 18.3 Å². The highest BCUT2D eigenvalue weighted by Gasteiger charge is 2.15. The Kier molecular flexibility index (Phi) is 3.01. The molecular weight excluding hydrogens is 251 g/mol. The number of halogens is 2. The summed E-state index contributed by atoms with van der Waals surface area (Å²) in [4.78, 5) is 10.6. The summed E-state index contributed by atoms with van der Waals surface area (Å²) < 4.78 is 14.5. The number of rotatable bonds is 3. The van der Waals surface area contributed by atoms with Crippen LogP contribution >= 0.6 is 11.6 Å². The van der Waals surface area contributed by atoms with E-state index in [9.17, 15) is 9.18 Å². The van der Waals surface area contributed by atoms with Crippen molar-refractivity contribution in [3.63, 3.8) is 0 Å². The standard InChI is InChI=1S/C9H6ClFN4O2/c10-5-1-2-7(11)6(3-5)9-12-13-14-15(9)4-8(16)17/h1-3H,4H2,(H,16,17). The molecule has 0 saturated carbocycles. The third-order valence-electron chi connectivity index (χ3n) is 1.99. The molecule has 6 nitrogen and oxygen atoms in total. The van der Waals surface area contributed by atoms with Crippen molar-refractivity contribution in [2.45, 2.75) is 6.54 Å². The number of carboxylic acids is 1. The van der Waals surface area contributed by atoms with E-state index in [2.05, 4.69) is 15.5 Å². The van der Waals surface area contributed by atoms with Gasteiger partial charge in [0.15, 0.2) is 5.82 Å². The van der Waals surface area contributed by atoms with Crippen LogP contribution in [0.4, 0.5) is 4.39 Å². The molecule has 0 spiro atoms. The third-order valence-corrected chi connectivity index (χ3v) is 2.22. The van der Waals surface area contributed by atoms with Crippen LogP contribution in [-0.4, -0.2) is 31.3 Å². The first-order chi connectivity index (χ1) is 8.08. The molecule has 88 valence electrons. The fourth-order valence-corrected chi connectivity index (χ4v) is 1.47. The Morgan fingerprint density at radius 3 is 3.00 bits per heavy atom. The second-order valence-corrected chi connectivity index (χ2v) is 3.61. The van der Waals surface area contributed by atoms with Crippen molar-refractivity contribution in [3.05, 3.63) is 29.0 Å². The zero-order valence-electron chi connectivity index (χ0n) is 8.34. The average molecular weight is 257 g/mol. The van der Waals surface area contributed by atoms with Crippen LogP contribution in [0.5, 0.6) is 0 Å². The monoisotopic (exact) mass is 256 g/mol. The number of carboxylic acid groups (broad SMARTS) is 1. The Bertz CT molecular complexity index is 572. The van der Waals surface area contributed by atoms with Crippen molar-refractivity contribution >= 4 is 17.6 Å². The first-order valence-electron chi connectivity index (χ1n) is 4.51. The maximum absolute atomic E-state index is 13.5. The molecule has 1 aromatic heterocycles. The van der Waals surface area contributed by atoms with E-state index in [1.54, 1.807) is 0 Å². The zero-order chi connectivity index (χ0) is 12.4. The molecule has 2 rings (SSSR count). The third kappa shape index (κ3) is 2.39. The Balaban J connectivity index is 2.49. The predicted molar refractivity (Wildman–Crippen MR) is 55.9 cm³/mol. The van der Waals surface area contributed by atoms with Crippen molar-refractivity contribution in [2.24, 2.45) is 0 Å². The Morgan fingerprint density at radius 2 is 2.29 bits per heavy atom. The van der Waals surface area contributed by atoms with Gasteiger partial charge in [0.25, 0.3) is 0 Å². The molecule has 0 fully saturated rings. The van der Waals surface area contributed by atoms with Crippen LogP contribution in [0, 0.1) is 5.82 Å². The van der Waals surface area contributed by atoms with Gasteiger partial charge < -0.3 is 5.11 Å². The van der Waals surface area contributed by atoms with Gasteiger partial charge in [-0.1, -0.05) is 11.6 Å². The van der Waals surface area contributed by atoms with Gasteiger partial charge in [0.2, 0.25) is 0 Å². The van der Waals surface area contributed by atoms with Gasteiger partial charge >= 0.3 is 5.97 Å². The quantitative estimate of drug-likeness (QED) is 0.893. The zero-order valence-corrected chi connectivity index (χ0v) is 9.10. The Morgan fingerprint density at radius 1 is 1.53 bits per heavy atom. The van der Waals surface area contributed by atoms with Gasteiger partial charge in [-0.25, -0.2) is 9.07 Å². The second kappa shape index (κ2) is 4.46. The van der Waals surface area contributed by atoms with E-state index in [-0.39, 0.29) is 11.4 Å². The molecule has 1 heterocycles. The number of aromatic nitrogens is 4. The molecular formula is C9H6ClFN4O2. The largest absolute Gasteiger partial charge is 0.480 e. The summed E-state index contributed by atoms with van der Waals surface area (Å²) in [6, 6.07) is 3.88. The van der Waals surface area contributed by atoms with Gasteiger partial charge in [-0.2, -0.15) is 0 Å². The van der Waals surface area contributed by atoms with Crippen molar-refractivity contribution < 1.29 is 14.3 Å². The van der Waals surface area contributed by atoms with Crippen molar-refractivity contribution in [1.29, 1.82) is 0 Å². The van der Waals surface area contributed by atoms with Crippen LogP contribution in [-0.2, 0) is 11.3 Å². The first kappa shape index (κ1) is 11.5. The van der Waals surface area contributed by atoms with Gasteiger partial charge in [0.05, 0.1) is 5.56 Å². The second-order valence-electron chi connectivity index (χ2n) is 3.18. The first-order valence-corrected chi connectivity index (χ1v) is 4.89. The number of hydrogen-bond acceptors (Lipinski definition) is 4. The van der Waals surface area contributed by atoms with Gasteiger partial charge in [-0.15, -0.1) is 5.10 Å². The number of nitrogens with zero attached hydrogens (tertiary/aromatic N) is 4. The Labute approximate surface area is 99.6 Å². The van der Waals surface area contributed by atoms with Crippen LogP contribution in [0.25, 0.3) is 11.4 Å². The summed E-state index contributed by atoms with van der Waals surface area (Å²) in [6.07, 6.45) is 0. The SMILES string of the molecule is O=C(O)Cn1nnnc1-c1cc(Cl)ccc1F.